The van der Waals surface area contributed by atoms with Gasteiger partial charge in [0.1, 0.15) is 18.5 Å². The normalized spacial score (nSPS) is 23.9. The average molecular weight is 249 g/mol. The van der Waals surface area contributed by atoms with Gasteiger partial charge in [0.05, 0.1) is 19.8 Å². The van der Waals surface area contributed by atoms with Gasteiger partial charge in [-0.2, -0.15) is 0 Å². The largest absolute Gasteiger partial charge is 0.491 e. The molecular formula is C14H19NO3. The molecule has 0 aliphatic carbocycles. The van der Waals surface area contributed by atoms with Crippen LogP contribution in [0.2, 0.25) is 0 Å². The van der Waals surface area contributed by atoms with Gasteiger partial charge in [-0.3, -0.25) is 4.90 Å². The van der Waals surface area contributed by atoms with Crippen LogP contribution in [0.1, 0.15) is 5.56 Å². The van der Waals surface area contributed by atoms with E-state index in [0.29, 0.717) is 12.7 Å². The second-order valence-electron chi connectivity index (χ2n) is 4.80. The van der Waals surface area contributed by atoms with Crippen molar-refractivity contribution >= 4 is 0 Å². The zero-order valence-corrected chi connectivity index (χ0v) is 10.5. The summed E-state index contributed by atoms with van der Waals surface area (Å²) in [7, 11) is 0. The number of hydrogen-bond donors (Lipinski definition) is 0. The molecule has 4 nitrogen and oxygen atoms in total. The predicted molar refractivity (Wildman–Crippen MR) is 67.8 cm³/mol. The fraction of sp³-hybridized carbons (Fsp3) is 0.571. The van der Waals surface area contributed by atoms with E-state index in [2.05, 4.69) is 17.0 Å². The van der Waals surface area contributed by atoms with Gasteiger partial charge >= 0.3 is 0 Å². The average Bonchev–Trinajstić information content (AvgIpc) is 3.23. The lowest BCUT2D eigenvalue weighted by atomic mass is 10.2. The molecular weight excluding hydrogens is 230 g/mol. The summed E-state index contributed by atoms with van der Waals surface area (Å²) in [5.41, 5.74) is 1.33. The van der Waals surface area contributed by atoms with Crippen LogP contribution in [0.25, 0.3) is 0 Å². The Morgan fingerprint density at radius 1 is 1.17 bits per heavy atom. The van der Waals surface area contributed by atoms with E-state index < -0.39 is 0 Å². The first-order chi connectivity index (χ1) is 8.90. The Hall–Kier alpha value is -1.10. The minimum Gasteiger partial charge on any atom is -0.491 e. The molecule has 2 aliphatic heterocycles. The van der Waals surface area contributed by atoms with Crippen LogP contribution in [-0.4, -0.2) is 50.5 Å². The van der Waals surface area contributed by atoms with E-state index in [9.17, 15) is 0 Å². The molecule has 1 atom stereocenters. The summed E-state index contributed by atoms with van der Waals surface area (Å²) in [6.45, 7) is 6.26. The van der Waals surface area contributed by atoms with Crippen molar-refractivity contribution in [3.05, 3.63) is 29.8 Å². The molecule has 18 heavy (non-hydrogen) atoms. The molecule has 2 saturated heterocycles. The van der Waals surface area contributed by atoms with E-state index in [-0.39, 0.29) is 0 Å². The van der Waals surface area contributed by atoms with Crippen molar-refractivity contribution < 1.29 is 14.2 Å². The molecule has 0 bridgehead atoms. The van der Waals surface area contributed by atoms with E-state index in [0.717, 1.165) is 45.2 Å². The van der Waals surface area contributed by atoms with E-state index >= 15 is 0 Å². The first-order valence-corrected chi connectivity index (χ1v) is 6.53. The minimum atomic E-state index is 0.318. The predicted octanol–water partition coefficient (Wildman–Crippen LogP) is 1.30. The molecule has 0 saturated carbocycles. The summed E-state index contributed by atoms with van der Waals surface area (Å²) < 4.78 is 16.1. The number of morpholine rings is 1. The third-order valence-corrected chi connectivity index (χ3v) is 3.27. The lowest BCUT2D eigenvalue weighted by molar-refractivity contribution is 0.0342. The molecule has 0 spiro atoms. The highest BCUT2D eigenvalue weighted by molar-refractivity contribution is 5.27. The van der Waals surface area contributed by atoms with Crippen LogP contribution in [0.15, 0.2) is 24.3 Å². The number of epoxide rings is 1. The smallest absolute Gasteiger partial charge is 0.119 e. The third kappa shape index (κ3) is 3.45. The van der Waals surface area contributed by atoms with Gasteiger partial charge in [0, 0.05) is 19.6 Å². The first-order valence-electron chi connectivity index (χ1n) is 6.53. The lowest BCUT2D eigenvalue weighted by Crippen LogP contribution is -2.35. The number of hydrogen-bond acceptors (Lipinski definition) is 4. The van der Waals surface area contributed by atoms with Crippen LogP contribution in [0.3, 0.4) is 0 Å². The Labute approximate surface area is 107 Å². The molecule has 0 aromatic heterocycles. The van der Waals surface area contributed by atoms with Gasteiger partial charge in [0.25, 0.3) is 0 Å². The molecule has 98 valence electrons. The van der Waals surface area contributed by atoms with Crippen molar-refractivity contribution in [2.75, 3.05) is 39.5 Å². The number of benzene rings is 1. The van der Waals surface area contributed by atoms with Gasteiger partial charge in [0.2, 0.25) is 0 Å². The summed E-state index contributed by atoms with van der Waals surface area (Å²) in [4.78, 5) is 2.41. The highest BCUT2D eigenvalue weighted by Crippen LogP contribution is 2.17. The zero-order chi connectivity index (χ0) is 12.2. The van der Waals surface area contributed by atoms with Gasteiger partial charge in [-0.15, -0.1) is 0 Å². The molecule has 1 aromatic rings. The van der Waals surface area contributed by atoms with Gasteiger partial charge in [-0.05, 0) is 17.7 Å². The van der Waals surface area contributed by atoms with Crippen LogP contribution < -0.4 is 4.74 Å². The fourth-order valence-corrected chi connectivity index (χ4v) is 2.06. The molecule has 0 amide bonds. The highest BCUT2D eigenvalue weighted by atomic mass is 16.6. The summed E-state index contributed by atoms with van der Waals surface area (Å²) in [5, 5.41) is 0. The number of rotatable bonds is 5. The molecule has 1 unspecified atom stereocenters. The fourth-order valence-electron chi connectivity index (χ4n) is 2.06. The Morgan fingerprint density at radius 2 is 1.89 bits per heavy atom. The minimum absolute atomic E-state index is 0.318. The van der Waals surface area contributed by atoms with Crippen LogP contribution in [0, 0.1) is 0 Å². The van der Waals surface area contributed by atoms with E-state index in [1.807, 2.05) is 12.1 Å². The van der Waals surface area contributed by atoms with Crippen LogP contribution >= 0.6 is 0 Å². The SMILES string of the molecule is c1cc(OCC2CO2)ccc1CN1CCOCC1. The second-order valence-corrected chi connectivity index (χ2v) is 4.80. The molecule has 1 aromatic carbocycles. The second kappa shape index (κ2) is 5.69. The molecule has 3 rings (SSSR count). The summed E-state index contributed by atoms with van der Waals surface area (Å²) in [6.07, 6.45) is 0.318. The van der Waals surface area contributed by atoms with Gasteiger partial charge in [-0.1, -0.05) is 12.1 Å². The molecule has 4 heteroatoms. The topological polar surface area (TPSA) is 34.2 Å². The molecule has 2 fully saturated rings. The molecule has 0 radical (unpaired) electrons. The summed E-state index contributed by atoms with van der Waals surface area (Å²) >= 11 is 0. The summed E-state index contributed by atoms with van der Waals surface area (Å²) in [6, 6.07) is 8.35. The zero-order valence-electron chi connectivity index (χ0n) is 10.5. The monoisotopic (exact) mass is 249 g/mol. The Balaban J connectivity index is 1.49. The highest BCUT2D eigenvalue weighted by Gasteiger charge is 2.22. The molecule has 2 aliphatic rings. The van der Waals surface area contributed by atoms with Crippen LogP contribution in [0.4, 0.5) is 0 Å². The van der Waals surface area contributed by atoms with Crippen molar-refractivity contribution in [3.63, 3.8) is 0 Å². The Bertz CT molecular complexity index is 369. The quantitative estimate of drug-likeness (QED) is 0.737. The maximum absolute atomic E-state index is 5.62. The first kappa shape index (κ1) is 12.0. The van der Waals surface area contributed by atoms with Crippen molar-refractivity contribution in [3.8, 4) is 5.75 Å². The lowest BCUT2D eigenvalue weighted by Gasteiger charge is -2.26. The van der Waals surface area contributed by atoms with E-state index in [1.165, 1.54) is 5.56 Å². The van der Waals surface area contributed by atoms with Crippen LogP contribution in [0.5, 0.6) is 5.75 Å². The summed E-state index contributed by atoms with van der Waals surface area (Å²) in [5.74, 6) is 0.927. The number of nitrogens with zero attached hydrogens (tertiary/aromatic N) is 1. The standard InChI is InChI=1S/C14H19NO3/c1-3-13(17-10-14-11-18-14)4-2-12(1)9-15-5-7-16-8-6-15/h1-4,14H,5-11H2. The Morgan fingerprint density at radius 3 is 2.56 bits per heavy atom. The van der Waals surface area contributed by atoms with Crippen molar-refractivity contribution in [2.24, 2.45) is 0 Å². The Kier molecular flexibility index (Phi) is 3.78. The number of ether oxygens (including phenoxy) is 3. The third-order valence-electron chi connectivity index (χ3n) is 3.27. The maximum atomic E-state index is 5.62. The molecule has 0 N–H and O–H groups in total. The van der Waals surface area contributed by atoms with Gasteiger partial charge < -0.3 is 14.2 Å². The molecule has 2 heterocycles. The van der Waals surface area contributed by atoms with Crippen molar-refractivity contribution in [1.82, 2.24) is 4.90 Å². The van der Waals surface area contributed by atoms with Crippen molar-refractivity contribution in [2.45, 2.75) is 12.6 Å². The maximum Gasteiger partial charge on any atom is 0.119 e. The van der Waals surface area contributed by atoms with E-state index in [4.69, 9.17) is 14.2 Å². The van der Waals surface area contributed by atoms with Gasteiger partial charge in [-0.25, -0.2) is 0 Å². The van der Waals surface area contributed by atoms with E-state index in [1.54, 1.807) is 0 Å². The van der Waals surface area contributed by atoms with Crippen molar-refractivity contribution in [1.29, 1.82) is 0 Å². The van der Waals surface area contributed by atoms with Crippen LogP contribution in [-0.2, 0) is 16.0 Å². The van der Waals surface area contributed by atoms with Gasteiger partial charge in [0.15, 0.2) is 0 Å².